The first-order valence-corrected chi connectivity index (χ1v) is 9.96. The summed E-state index contributed by atoms with van der Waals surface area (Å²) in [5.74, 6) is -1.55. The third-order valence-electron chi connectivity index (χ3n) is 7.01. The van der Waals surface area contributed by atoms with Crippen LogP contribution in [-0.2, 0) is 0 Å². The minimum Gasteiger partial charge on any atom is -0.367 e. The predicted octanol–water partition coefficient (Wildman–Crippen LogP) is 4.40. The lowest BCUT2D eigenvalue weighted by Crippen LogP contribution is -2.51. The van der Waals surface area contributed by atoms with Gasteiger partial charge in [0.2, 0.25) is 0 Å². The summed E-state index contributed by atoms with van der Waals surface area (Å²) in [6, 6.07) is 3.15. The molecule has 3 nitrogen and oxygen atoms in total. The summed E-state index contributed by atoms with van der Waals surface area (Å²) < 4.78 is 28.9. The Kier molecular flexibility index (Phi) is 4.76. The Morgan fingerprint density at radius 2 is 1.54 bits per heavy atom. The summed E-state index contributed by atoms with van der Waals surface area (Å²) >= 11 is 0. The average Bonchev–Trinajstić information content (AvgIpc) is 2.56. The number of nitrogens with zero attached hydrogens (tertiary/aromatic N) is 2. The van der Waals surface area contributed by atoms with Gasteiger partial charge in [0.15, 0.2) is 5.78 Å². The molecule has 0 bridgehead atoms. The fourth-order valence-corrected chi connectivity index (χ4v) is 4.89. The molecule has 3 fully saturated rings. The second-order valence-corrected chi connectivity index (χ2v) is 8.45. The zero-order valence-corrected chi connectivity index (χ0v) is 15.6. The molecule has 0 aromatic heterocycles. The normalized spacial score (nSPS) is 23.9. The van der Waals surface area contributed by atoms with Crippen molar-refractivity contribution in [2.24, 2.45) is 5.41 Å². The van der Waals surface area contributed by atoms with Crippen molar-refractivity contribution in [3.05, 3.63) is 29.3 Å². The fourth-order valence-electron chi connectivity index (χ4n) is 4.89. The molecule has 0 unspecified atom stereocenters. The highest BCUT2D eigenvalue weighted by atomic mass is 19.1. The summed E-state index contributed by atoms with van der Waals surface area (Å²) in [5, 5.41) is 0. The van der Waals surface area contributed by atoms with Gasteiger partial charge in [0.1, 0.15) is 17.3 Å². The second-order valence-electron chi connectivity index (χ2n) is 8.45. The van der Waals surface area contributed by atoms with Crippen molar-refractivity contribution in [1.82, 2.24) is 4.90 Å². The van der Waals surface area contributed by atoms with Gasteiger partial charge in [-0.15, -0.1) is 0 Å². The molecule has 0 atom stereocenters. The highest BCUT2D eigenvalue weighted by molar-refractivity contribution is 5.94. The molecule has 2 aliphatic heterocycles. The first kappa shape index (κ1) is 17.9. The van der Waals surface area contributed by atoms with Crippen LogP contribution in [0, 0.1) is 17.0 Å². The van der Waals surface area contributed by atoms with Crippen molar-refractivity contribution < 1.29 is 13.6 Å². The number of halogens is 2. The largest absolute Gasteiger partial charge is 0.367 e. The van der Waals surface area contributed by atoms with Crippen molar-refractivity contribution in [3.8, 4) is 0 Å². The Hall–Kier alpha value is -1.49. The van der Waals surface area contributed by atoms with E-state index in [9.17, 15) is 13.6 Å². The summed E-state index contributed by atoms with van der Waals surface area (Å²) in [6.45, 7) is 5.07. The number of carbonyl (C=O) groups excluding carboxylic acids is 1. The molecule has 5 heteroatoms. The summed E-state index contributed by atoms with van der Waals surface area (Å²) in [4.78, 5) is 15.9. The molecule has 0 radical (unpaired) electrons. The highest BCUT2D eigenvalue weighted by Gasteiger charge is 2.40. The van der Waals surface area contributed by atoms with Crippen LogP contribution in [0.2, 0.25) is 0 Å². The fraction of sp³-hybridized carbons (Fsp3) is 0.667. The van der Waals surface area contributed by atoms with E-state index >= 15 is 0 Å². The van der Waals surface area contributed by atoms with Crippen molar-refractivity contribution >= 4 is 11.5 Å². The molecule has 3 aliphatic rings. The van der Waals surface area contributed by atoms with Gasteiger partial charge < -0.3 is 9.80 Å². The van der Waals surface area contributed by atoms with E-state index in [1.165, 1.54) is 64.3 Å². The van der Waals surface area contributed by atoms with E-state index in [1.807, 2.05) is 4.90 Å². The molecule has 1 aromatic carbocycles. The van der Waals surface area contributed by atoms with E-state index in [1.54, 1.807) is 0 Å². The maximum absolute atomic E-state index is 14.4. The standard InChI is InChI=1S/C21H28F2N2O/c1-15(26)16-13-18(22)20(19(23)14-16)25-11-7-21(8-12-25)5-9-24(10-6-21)17-3-2-4-17/h13-14,17H,2-12H2,1H3. The number of hydrogen-bond acceptors (Lipinski definition) is 3. The van der Waals surface area contributed by atoms with Gasteiger partial charge >= 0.3 is 0 Å². The van der Waals surface area contributed by atoms with Crippen molar-refractivity contribution in [1.29, 1.82) is 0 Å². The average molecular weight is 362 g/mol. The van der Waals surface area contributed by atoms with Crippen LogP contribution in [0.25, 0.3) is 0 Å². The number of rotatable bonds is 3. The number of carbonyl (C=O) groups is 1. The molecule has 142 valence electrons. The maximum Gasteiger partial charge on any atom is 0.160 e. The zero-order valence-electron chi connectivity index (χ0n) is 15.6. The summed E-state index contributed by atoms with van der Waals surface area (Å²) in [5.41, 5.74) is 0.487. The Morgan fingerprint density at radius 3 is 2.00 bits per heavy atom. The molecule has 1 saturated carbocycles. The van der Waals surface area contributed by atoms with E-state index in [2.05, 4.69) is 4.90 Å². The topological polar surface area (TPSA) is 23.6 Å². The number of piperidine rings is 2. The number of hydrogen-bond donors (Lipinski definition) is 0. The molecule has 0 N–H and O–H groups in total. The van der Waals surface area contributed by atoms with Crippen LogP contribution in [0.5, 0.6) is 0 Å². The van der Waals surface area contributed by atoms with Gasteiger partial charge in [0.05, 0.1) is 0 Å². The monoisotopic (exact) mass is 362 g/mol. The first-order chi connectivity index (χ1) is 12.5. The van der Waals surface area contributed by atoms with E-state index in [0.717, 1.165) is 18.9 Å². The van der Waals surface area contributed by atoms with E-state index in [0.29, 0.717) is 18.5 Å². The minimum atomic E-state index is -0.619. The lowest BCUT2D eigenvalue weighted by molar-refractivity contribution is 0.0304. The maximum atomic E-state index is 14.4. The number of ketones is 1. The van der Waals surface area contributed by atoms with Crippen LogP contribution in [0.15, 0.2) is 12.1 Å². The Bertz CT molecular complexity index is 660. The quantitative estimate of drug-likeness (QED) is 0.745. The second kappa shape index (κ2) is 6.91. The number of likely N-dealkylation sites (tertiary alicyclic amines) is 1. The van der Waals surface area contributed by atoms with Gasteiger partial charge in [-0.1, -0.05) is 6.42 Å². The zero-order chi connectivity index (χ0) is 18.3. The van der Waals surface area contributed by atoms with Gasteiger partial charge in [0.25, 0.3) is 0 Å². The van der Waals surface area contributed by atoms with Gasteiger partial charge in [-0.2, -0.15) is 0 Å². The van der Waals surface area contributed by atoms with Crippen LogP contribution in [0.1, 0.15) is 62.2 Å². The van der Waals surface area contributed by atoms with Crippen molar-refractivity contribution in [3.63, 3.8) is 0 Å². The predicted molar refractivity (Wildman–Crippen MR) is 98.7 cm³/mol. The van der Waals surface area contributed by atoms with Gasteiger partial charge in [-0.3, -0.25) is 4.79 Å². The van der Waals surface area contributed by atoms with Gasteiger partial charge in [-0.25, -0.2) is 8.78 Å². The van der Waals surface area contributed by atoms with E-state index in [4.69, 9.17) is 0 Å². The lowest BCUT2D eigenvalue weighted by Gasteiger charge is -2.50. The number of anilines is 1. The Morgan fingerprint density at radius 1 is 1.00 bits per heavy atom. The smallest absolute Gasteiger partial charge is 0.160 e. The molecule has 4 rings (SSSR count). The molecule has 2 saturated heterocycles. The molecule has 1 aliphatic carbocycles. The molecule has 26 heavy (non-hydrogen) atoms. The third kappa shape index (κ3) is 3.26. The van der Waals surface area contributed by atoms with Crippen LogP contribution >= 0.6 is 0 Å². The number of benzene rings is 1. The molecule has 0 amide bonds. The highest BCUT2D eigenvalue weighted by Crippen LogP contribution is 2.44. The Labute approximate surface area is 154 Å². The van der Waals surface area contributed by atoms with Crippen LogP contribution < -0.4 is 4.90 Å². The van der Waals surface area contributed by atoms with Crippen LogP contribution in [-0.4, -0.2) is 42.9 Å². The van der Waals surface area contributed by atoms with Crippen molar-refractivity contribution in [2.75, 3.05) is 31.1 Å². The van der Waals surface area contributed by atoms with Gasteiger partial charge in [0, 0.05) is 24.7 Å². The lowest BCUT2D eigenvalue weighted by atomic mass is 9.70. The van der Waals surface area contributed by atoms with Crippen LogP contribution in [0.4, 0.5) is 14.5 Å². The summed E-state index contributed by atoms with van der Waals surface area (Å²) in [6.07, 6.45) is 8.51. The molecule has 1 spiro atoms. The van der Waals surface area contributed by atoms with Crippen LogP contribution in [0.3, 0.4) is 0 Å². The van der Waals surface area contributed by atoms with E-state index in [-0.39, 0.29) is 17.0 Å². The minimum absolute atomic E-state index is 0.0387. The van der Waals surface area contributed by atoms with E-state index < -0.39 is 11.6 Å². The summed E-state index contributed by atoms with van der Waals surface area (Å²) in [7, 11) is 0. The first-order valence-electron chi connectivity index (χ1n) is 9.96. The molecular formula is C21H28F2N2O. The molecule has 2 heterocycles. The van der Waals surface area contributed by atoms with Crippen molar-refractivity contribution in [2.45, 2.75) is 57.9 Å². The Balaban J connectivity index is 1.40. The molecular weight excluding hydrogens is 334 g/mol. The SMILES string of the molecule is CC(=O)c1cc(F)c(N2CCC3(CC2)CCN(C2CCC2)CC3)c(F)c1. The third-order valence-corrected chi connectivity index (χ3v) is 7.01. The number of Topliss-reactive ketones (excluding diaryl/α,β-unsaturated/α-hetero) is 1. The molecule has 1 aromatic rings. The van der Waals surface area contributed by atoms with Gasteiger partial charge in [-0.05, 0) is 76.1 Å².